The molecular formula is C15H20N2O3. The zero-order valence-electron chi connectivity index (χ0n) is 11.7. The van der Waals surface area contributed by atoms with E-state index >= 15 is 0 Å². The average molecular weight is 276 g/mol. The number of unbranched alkanes of at least 4 members (excludes halogenated alkanes) is 3. The molecule has 1 rings (SSSR count). The Morgan fingerprint density at radius 1 is 1.25 bits per heavy atom. The van der Waals surface area contributed by atoms with E-state index in [1.807, 2.05) is 0 Å². The van der Waals surface area contributed by atoms with Crippen LogP contribution in [0.5, 0.6) is 0 Å². The van der Waals surface area contributed by atoms with Gasteiger partial charge in [-0.15, -0.1) is 0 Å². The molecule has 0 heterocycles. The van der Waals surface area contributed by atoms with Crippen LogP contribution in [0, 0.1) is 10.1 Å². The summed E-state index contributed by atoms with van der Waals surface area (Å²) in [6.45, 7) is 2.83. The summed E-state index contributed by atoms with van der Waals surface area (Å²) in [6.07, 6.45) is 7.57. The molecule has 1 N–H and O–H groups in total. The van der Waals surface area contributed by atoms with Crippen LogP contribution in [0.25, 0.3) is 6.08 Å². The summed E-state index contributed by atoms with van der Waals surface area (Å²) in [5.41, 5.74) is 0.805. The van der Waals surface area contributed by atoms with Crippen LogP contribution < -0.4 is 5.32 Å². The maximum atomic E-state index is 11.5. The van der Waals surface area contributed by atoms with E-state index in [4.69, 9.17) is 0 Å². The lowest BCUT2D eigenvalue weighted by molar-refractivity contribution is -0.384. The van der Waals surface area contributed by atoms with Crippen LogP contribution in [0.3, 0.4) is 0 Å². The molecule has 20 heavy (non-hydrogen) atoms. The van der Waals surface area contributed by atoms with Crippen LogP contribution in [0.2, 0.25) is 0 Å². The zero-order valence-corrected chi connectivity index (χ0v) is 11.7. The summed E-state index contributed by atoms with van der Waals surface area (Å²) in [4.78, 5) is 21.6. The number of hydrogen-bond acceptors (Lipinski definition) is 3. The highest BCUT2D eigenvalue weighted by atomic mass is 16.6. The molecule has 0 aliphatic rings. The highest BCUT2D eigenvalue weighted by Crippen LogP contribution is 2.12. The van der Waals surface area contributed by atoms with E-state index in [0.29, 0.717) is 6.54 Å². The summed E-state index contributed by atoms with van der Waals surface area (Å²) in [5.74, 6) is -0.139. The Hall–Kier alpha value is -2.17. The second-order valence-electron chi connectivity index (χ2n) is 4.53. The average Bonchev–Trinajstić information content (AvgIpc) is 2.45. The lowest BCUT2D eigenvalue weighted by Crippen LogP contribution is -2.21. The van der Waals surface area contributed by atoms with Gasteiger partial charge in [0.2, 0.25) is 5.91 Å². The first-order valence-electron chi connectivity index (χ1n) is 6.84. The predicted molar refractivity (Wildman–Crippen MR) is 79.3 cm³/mol. The molecule has 108 valence electrons. The maximum Gasteiger partial charge on any atom is 0.269 e. The number of non-ortho nitro benzene ring substituents is 1. The first-order valence-corrected chi connectivity index (χ1v) is 6.84. The molecule has 0 aromatic heterocycles. The fraction of sp³-hybridized carbons (Fsp3) is 0.400. The van der Waals surface area contributed by atoms with Gasteiger partial charge in [-0.25, -0.2) is 0 Å². The second kappa shape index (κ2) is 8.85. The maximum absolute atomic E-state index is 11.5. The van der Waals surface area contributed by atoms with Gasteiger partial charge in [-0.3, -0.25) is 14.9 Å². The van der Waals surface area contributed by atoms with Gasteiger partial charge in [0.1, 0.15) is 0 Å². The van der Waals surface area contributed by atoms with Crippen LogP contribution in [0.15, 0.2) is 30.3 Å². The van der Waals surface area contributed by atoms with Crippen molar-refractivity contribution in [2.75, 3.05) is 6.54 Å². The summed E-state index contributed by atoms with van der Waals surface area (Å²) >= 11 is 0. The monoisotopic (exact) mass is 276 g/mol. The topological polar surface area (TPSA) is 72.2 Å². The molecular weight excluding hydrogens is 256 g/mol. The van der Waals surface area contributed by atoms with Crippen molar-refractivity contribution in [1.29, 1.82) is 0 Å². The van der Waals surface area contributed by atoms with E-state index in [-0.39, 0.29) is 11.6 Å². The molecule has 0 bridgehead atoms. The molecule has 5 heteroatoms. The van der Waals surface area contributed by atoms with Crippen molar-refractivity contribution in [3.63, 3.8) is 0 Å². The van der Waals surface area contributed by atoms with Gasteiger partial charge in [0.05, 0.1) is 4.92 Å². The standard InChI is InChI=1S/C15H20N2O3/c1-2-3-4-5-12-16-15(18)11-8-13-6-9-14(10-7-13)17(19)20/h6-11H,2-5,12H2,1H3,(H,16,18). The van der Waals surface area contributed by atoms with E-state index in [9.17, 15) is 14.9 Å². The first-order chi connectivity index (χ1) is 9.63. The fourth-order valence-electron chi connectivity index (χ4n) is 1.70. The van der Waals surface area contributed by atoms with Gasteiger partial charge in [0.25, 0.3) is 5.69 Å². The Balaban J connectivity index is 2.35. The SMILES string of the molecule is CCCCCCNC(=O)C=Cc1ccc([N+](=O)[O-])cc1. The highest BCUT2D eigenvalue weighted by molar-refractivity contribution is 5.91. The minimum atomic E-state index is -0.448. The molecule has 5 nitrogen and oxygen atoms in total. The van der Waals surface area contributed by atoms with Crippen LogP contribution in [-0.2, 0) is 4.79 Å². The number of nitrogens with one attached hydrogen (secondary N) is 1. The summed E-state index contributed by atoms with van der Waals surface area (Å²) in [7, 11) is 0. The Morgan fingerprint density at radius 3 is 2.55 bits per heavy atom. The van der Waals surface area contributed by atoms with Crippen LogP contribution in [0.1, 0.15) is 38.2 Å². The van der Waals surface area contributed by atoms with Crippen molar-refractivity contribution in [2.45, 2.75) is 32.6 Å². The smallest absolute Gasteiger partial charge is 0.269 e. The molecule has 0 radical (unpaired) electrons. The van der Waals surface area contributed by atoms with Crippen molar-refractivity contribution >= 4 is 17.7 Å². The Kier molecular flexibility index (Phi) is 7.03. The largest absolute Gasteiger partial charge is 0.353 e. The summed E-state index contributed by atoms with van der Waals surface area (Å²) in [5, 5.41) is 13.3. The fourth-order valence-corrected chi connectivity index (χ4v) is 1.70. The van der Waals surface area contributed by atoms with Gasteiger partial charge in [0, 0.05) is 24.8 Å². The van der Waals surface area contributed by atoms with Crippen LogP contribution in [0.4, 0.5) is 5.69 Å². The van der Waals surface area contributed by atoms with Crippen molar-refractivity contribution in [3.8, 4) is 0 Å². The molecule has 0 spiro atoms. The number of nitro groups is 1. The van der Waals surface area contributed by atoms with Gasteiger partial charge in [-0.2, -0.15) is 0 Å². The van der Waals surface area contributed by atoms with Crippen LogP contribution >= 0.6 is 0 Å². The molecule has 0 saturated carbocycles. The molecule has 1 amide bonds. The number of benzene rings is 1. The molecule has 0 atom stereocenters. The van der Waals surface area contributed by atoms with Crippen molar-refractivity contribution in [1.82, 2.24) is 5.32 Å². The zero-order chi connectivity index (χ0) is 14.8. The Bertz CT molecular complexity index is 467. The van der Waals surface area contributed by atoms with Crippen molar-refractivity contribution in [3.05, 3.63) is 46.0 Å². The van der Waals surface area contributed by atoms with E-state index in [2.05, 4.69) is 12.2 Å². The lowest BCUT2D eigenvalue weighted by Gasteiger charge is -2.01. The predicted octanol–water partition coefficient (Wildman–Crippen LogP) is 3.30. The lowest BCUT2D eigenvalue weighted by atomic mass is 10.2. The number of rotatable bonds is 8. The molecule has 0 aliphatic carbocycles. The second-order valence-corrected chi connectivity index (χ2v) is 4.53. The number of carbonyl (C=O) groups excluding carboxylic acids is 1. The summed E-state index contributed by atoms with van der Waals surface area (Å²) in [6, 6.07) is 6.07. The van der Waals surface area contributed by atoms with E-state index in [1.165, 1.54) is 31.1 Å². The minimum Gasteiger partial charge on any atom is -0.353 e. The van der Waals surface area contributed by atoms with Gasteiger partial charge < -0.3 is 5.32 Å². The van der Waals surface area contributed by atoms with Gasteiger partial charge in [-0.05, 0) is 30.2 Å². The third-order valence-corrected chi connectivity index (χ3v) is 2.86. The van der Waals surface area contributed by atoms with Gasteiger partial charge >= 0.3 is 0 Å². The normalized spacial score (nSPS) is 10.7. The van der Waals surface area contributed by atoms with Crippen molar-refractivity contribution < 1.29 is 9.72 Å². The number of amides is 1. The molecule has 0 unspecified atom stereocenters. The number of hydrogen-bond donors (Lipinski definition) is 1. The van der Waals surface area contributed by atoms with Gasteiger partial charge in [-0.1, -0.05) is 26.2 Å². The number of nitro benzene ring substituents is 1. The first kappa shape index (κ1) is 15.9. The quantitative estimate of drug-likeness (QED) is 0.342. The third-order valence-electron chi connectivity index (χ3n) is 2.86. The molecule has 1 aromatic carbocycles. The Morgan fingerprint density at radius 2 is 1.95 bits per heavy atom. The molecule has 0 fully saturated rings. The number of carbonyl (C=O) groups is 1. The van der Waals surface area contributed by atoms with E-state index in [0.717, 1.165) is 18.4 Å². The van der Waals surface area contributed by atoms with Crippen LogP contribution in [-0.4, -0.2) is 17.4 Å². The summed E-state index contributed by atoms with van der Waals surface area (Å²) < 4.78 is 0. The van der Waals surface area contributed by atoms with E-state index < -0.39 is 4.92 Å². The third kappa shape index (κ3) is 6.13. The number of nitrogens with zero attached hydrogens (tertiary/aromatic N) is 1. The van der Waals surface area contributed by atoms with Crippen molar-refractivity contribution in [2.24, 2.45) is 0 Å². The Labute approximate surface area is 118 Å². The molecule has 0 aliphatic heterocycles. The highest BCUT2D eigenvalue weighted by Gasteiger charge is 2.02. The van der Waals surface area contributed by atoms with E-state index in [1.54, 1.807) is 18.2 Å². The molecule has 0 saturated heterocycles. The van der Waals surface area contributed by atoms with Gasteiger partial charge in [0.15, 0.2) is 0 Å². The molecule has 1 aromatic rings. The minimum absolute atomic E-state index is 0.0440.